The molecule has 1 aliphatic rings. The number of carbonyl (C=O) groups excluding carboxylic acids is 1. The molecule has 7 heteroatoms. The molecule has 3 N–H and O–H groups in total. The number of carbonyl (C=O) groups is 2. The summed E-state index contributed by atoms with van der Waals surface area (Å²) < 4.78 is 5.48. The number of ether oxygens (including phenoxy) is 1. The normalized spacial score (nSPS) is 13.4. The van der Waals surface area contributed by atoms with Gasteiger partial charge in [0, 0.05) is 30.1 Å². The van der Waals surface area contributed by atoms with E-state index in [9.17, 15) is 14.7 Å². The van der Waals surface area contributed by atoms with Gasteiger partial charge in [0.1, 0.15) is 18.3 Å². The fraction of sp³-hybridized carbons (Fsp3) is 0.160. The van der Waals surface area contributed by atoms with Gasteiger partial charge in [0.15, 0.2) is 0 Å². The zero-order valence-corrected chi connectivity index (χ0v) is 17.1. The van der Waals surface area contributed by atoms with Crippen LogP contribution in [-0.4, -0.2) is 39.8 Å². The van der Waals surface area contributed by atoms with Crippen molar-refractivity contribution in [2.45, 2.75) is 18.4 Å². The van der Waals surface area contributed by atoms with Crippen LogP contribution >= 0.6 is 0 Å². The number of carboxylic acid groups (broad SMARTS) is 1. The Morgan fingerprint density at radius 3 is 2.44 bits per heavy atom. The Balaban J connectivity index is 1.27. The monoisotopic (exact) mass is 427 g/mol. The molecule has 1 atom stereocenters. The van der Waals surface area contributed by atoms with Crippen LogP contribution in [-0.2, 0) is 16.0 Å². The van der Waals surface area contributed by atoms with E-state index in [4.69, 9.17) is 4.74 Å². The van der Waals surface area contributed by atoms with Crippen LogP contribution in [0.1, 0.15) is 22.6 Å². The average molecular weight is 427 g/mol. The lowest BCUT2D eigenvalue weighted by Crippen LogP contribution is -2.42. The van der Waals surface area contributed by atoms with Crippen molar-refractivity contribution < 1.29 is 19.4 Å². The first kappa shape index (κ1) is 19.8. The minimum Gasteiger partial charge on any atom is -0.480 e. The fourth-order valence-electron chi connectivity index (χ4n) is 4.32. The molecule has 4 aromatic rings. The number of aromatic amines is 1. The highest BCUT2D eigenvalue weighted by atomic mass is 16.5. The molecule has 160 valence electrons. The number of fused-ring (bicyclic) bond motifs is 4. The van der Waals surface area contributed by atoms with Gasteiger partial charge in [-0.05, 0) is 39.9 Å². The Hall–Kier alpha value is -4.13. The summed E-state index contributed by atoms with van der Waals surface area (Å²) in [5.41, 5.74) is 5.90. The molecule has 5 rings (SSSR count). The minimum absolute atomic E-state index is 0.0865. The summed E-state index contributed by atoms with van der Waals surface area (Å²) in [6, 6.07) is 18.7. The minimum atomic E-state index is -1.13. The topological polar surface area (TPSA) is 104 Å². The van der Waals surface area contributed by atoms with Crippen molar-refractivity contribution >= 4 is 23.1 Å². The second kappa shape index (κ2) is 8.19. The van der Waals surface area contributed by atoms with E-state index in [0.29, 0.717) is 5.56 Å². The summed E-state index contributed by atoms with van der Waals surface area (Å²) in [6.45, 7) is 0.128. The number of nitrogens with one attached hydrogen (secondary N) is 2. The van der Waals surface area contributed by atoms with Crippen LogP contribution in [0.5, 0.6) is 0 Å². The summed E-state index contributed by atoms with van der Waals surface area (Å²) >= 11 is 0. The number of aromatic nitrogens is 2. The van der Waals surface area contributed by atoms with E-state index in [0.717, 1.165) is 33.3 Å². The van der Waals surface area contributed by atoms with Gasteiger partial charge in [-0.15, -0.1) is 0 Å². The summed E-state index contributed by atoms with van der Waals surface area (Å²) in [7, 11) is 0. The molecule has 1 unspecified atom stereocenters. The molecule has 0 bridgehead atoms. The van der Waals surface area contributed by atoms with Crippen molar-refractivity contribution in [3.05, 3.63) is 89.7 Å². The third-order valence-corrected chi connectivity index (χ3v) is 5.83. The lowest BCUT2D eigenvalue weighted by atomic mass is 9.98. The lowest BCUT2D eigenvalue weighted by Gasteiger charge is -2.17. The molecule has 7 nitrogen and oxygen atoms in total. The van der Waals surface area contributed by atoms with E-state index in [1.807, 2.05) is 48.5 Å². The van der Waals surface area contributed by atoms with E-state index in [1.165, 1.54) is 0 Å². The number of aliphatic carboxylic acids is 1. The summed E-state index contributed by atoms with van der Waals surface area (Å²) in [4.78, 5) is 31.5. The SMILES string of the molecule is O=C(NC(Cc1cnc2[nH]ccc2c1)C(=O)O)OCC1c2ccccc2-c2ccccc21. The van der Waals surface area contributed by atoms with Gasteiger partial charge in [0.05, 0.1) is 0 Å². The Bertz CT molecular complexity index is 1270. The average Bonchev–Trinajstić information content (AvgIpc) is 3.39. The number of pyridine rings is 1. The number of hydrogen-bond acceptors (Lipinski definition) is 4. The molecule has 0 radical (unpaired) electrons. The van der Waals surface area contributed by atoms with Gasteiger partial charge in [0.25, 0.3) is 0 Å². The van der Waals surface area contributed by atoms with Crippen LogP contribution in [0.25, 0.3) is 22.2 Å². The number of rotatable bonds is 6. The highest BCUT2D eigenvalue weighted by Gasteiger charge is 2.29. The Morgan fingerprint density at radius 1 is 1.06 bits per heavy atom. The van der Waals surface area contributed by atoms with Gasteiger partial charge >= 0.3 is 12.1 Å². The van der Waals surface area contributed by atoms with Crippen molar-refractivity contribution in [3.63, 3.8) is 0 Å². The smallest absolute Gasteiger partial charge is 0.407 e. The zero-order chi connectivity index (χ0) is 22.1. The first-order valence-corrected chi connectivity index (χ1v) is 10.4. The molecule has 1 aliphatic carbocycles. The van der Waals surface area contributed by atoms with Crippen LogP contribution in [0, 0.1) is 0 Å². The predicted octanol–water partition coefficient (Wildman–Crippen LogP) is 4.10. The molecule has 0 fully saturated rings. The Kier molecular flexibility index (Phi) is 5.07. The summed E-state index contributed by atoms with van der Waals surface area (Å²) in [5.74, 6) is -1.22. The number of benzene rings is 2. The lowest BCUT2D eigenvalue weighted by molar-refractivity contribution is -0.139. The Labute approximate surface area is 184 Å². The van der Waals surface area contributed by atoms with Gasteiger partial charge in [-0.25, -0.2) is 14.6 Å². The third-order valence-electron chi connectivity index (χ3n) is 5.83. The van der Waals surface area contributed by atoms with Gasteiger partial charge in [-0.3, -0.25) is 0 Å². The second-order valence-electron chi connectivity index (χ2n) is 7.82. The van der Waals surface area contributed by atoms with Crippen LogP contribution in [0.3, 0.4) is 0 Å². The second-order valence-corrected chi connectivity index (χ2v) is 7.82. The quantitative estimate of drug-likeness (QED) is 0.430. The van der Waals surface area contributed by atoms with E-state index in [1.54, 1.807) is 12.4 Å². The zero-order valence-electron chi connectivity index (χ0n) is 17.1. The molecule has 32 heavy (non-hydrogen) atoms. The maximum atomic E-state index is 12.5. The molecule has 0 spiro atoms. The van der Waals surface area contributed by atoms with Crippen LogP contribution in [0.15, 0.2) is 73.1 Å². The number of carboxylic acids is 1. The maximum absolute atomic E-state index is 12.5. The number of H-pyrrole nitrogens is 1. The van der Waals surface area contributed by atoms with Crippen molar-refractivity contribution in [1.82, 2.24) is 15.3 Å². The molecule has 0 aliphatic heterocycles. The van der Waals surface area contributed by atoms with Crippen molar-refractivity contribution in [3.8, 4) is 11.1 Å². The third kappa shape index (κ3) is 3.69. The van der Waals surface area contributed by atoms with Crippen molar-refractivity contribution in [2.24, 2.45) is 0 Å². The number of hydrogen-bond donors (Lipinski definition) is 3. The van der Waals surface area contributed by atoms with Crippen molar-refractivity contribution in [2.75, 3.05) is 6.61 Å². The Morgan fingerprint density at radius 2 is 1.75 bits per heavy atom. The van der Waals surface area contributed by atoms with Gasteiger partial charge in [0.2, 0.25) is 0 Å². The first-order valence-electron chi connectivity index (χ1n) is 10.4. The van der Waals surface area contributed by atoms with Crippen LogP contribution in [0.4, 0.5) is 4.79 Å². The number of alkyl carbamates (subject to hydrolysis) is 1. The van der Waals surface area contributed by atoms with Gasteiger partial charge < -0.3 is 20.1 Å². The van der Waals surface area contributed by atoms with E-state index in [-0.39, 0.29) is 18.9 Å². The number of amides is 1. The summed E-state index contributed by atoms with van der Waals surface area (Å²) in [6.07, 6.45) is 2.72. The van der Waals surface area contributed by atoms with Crippen LogP contribution < -0.4 is 5.32 Å². The molecule has 0 saturated heterocycles. The predicted molar refractivity (Wildman–Crippen MR) is 119 cm³/mol. The molecule has 2 heterocycles. The number of nitrogens with zero attached hydrogens (tertiary/aromatic N) is 1. The molecular formula is C25H21N3O4. The molecule has 2 aromatic carbocycles. The van der Waals surface area contributed by atoms with E-state index < -0.39 is 18.1 Å². The summed E-state index contributed by atoms with van der Waals surface area (Å²) in [5, 5.41) is 13.0. The highest BCUT2D eigenvalue weighted by Crippen LogP contribution is 2.44. The van der Waals surface area contributed by atoms with E-state index >= 15 is 0 Å². The van der Waals surface area contributed by atoms with Gasteiger partial charge in [-0.1, -0.05) is 48.5 Å². The van der Waals surface area contributed by atoms with Gasteiger partial charge in [-0.2, -0.15) is 0 Å². The molecule has 0 saturated carbocycles. The van der Waals surface area contributed by atoms with E-state index in [2.05, 4.69) is 27.4 Å². The fourth-order valence-corrected chi connectivity index (χ4v) is 4.32. The molecule has 1 amide bonds. The molecular weight excluding hydrogens is 406 g/mol. The largest absolute Gasteiger partial charge is 0.480 e. The highest BCUT2D eigenvalue weighted by molar-refractivity contribution is 5.82. The molecule has 2 aromatic heterocycles. The standard InChI is InChI=1S/C25H21N3O4/c29-24(30)22(12-15-11-16-9-10-26-23(16)27-13-15)28-25(31)32-14-21-19-7-3-1-5-17(19)18-6-2-4-8-20(18)21/h1-11,13,21-22H,12,14H2,(H,26,27)(H,28,31)(H,29,30). The maximum Gasteiger partial charge on any atom is 0.407 e. The van der Waals surface area contributed by atoms with Crippen molar-refractivity contribution in [1.29, 1.82) is 0 Å². The van der Waals surface area contributed by atoms with Crippen LogP contribution in [0.2, 0.25) is 0 Å². The first-order chi connectivity index (χ1) is 15.6.